The SMILES string of the molecule is COC1=C(C)CC23C=CC=C(C(F)(F)F)N2c2ncc([S])n2C3=C1C. The smallest absolute Gasteiger partial charge is 0.431 e. The van der Waals surface area contributed by atoms with Crippen molar-refractivity contribution in [3.8, 4) is 0 Å². The van der Waals surface area contributed by atoms with E-state index in [0.29, 0.717) is 22.9 Å². The zero-order valence-corrected chi connectivity index (χ0v) is 14.6. The summed E-state index contributed by atoms with van der Waals surface area (Å²) in [5, 5.41) is 0.378. The third-order valence-corrected chi connectivity index (χ3v) is 5.21. The number of fused-ring (bicyclic) bond motifs is 3. The summed E-state index contributed by atoms with van der Waals surface area (Å²) in [6.07, 6.45) is 1.62. The molecule has 131 valence electrons. The van der Waals surface area contributed by atoms with Crippen LogP contribution in [0.15, 0.2) is 52.1 Å². The van der Waals surface area contributed by atoms with E-state index >= 15 is 0 Å². The van der Waals surface area contributed by atoms with Crippen molar-refractivity contribution in [2.45, 2.75) is 37.0 Å². The monoisotopic (exact) mass is 366 g/mol. The zero-order chi connectivity index (χ0) is 18.1. The minimum absolute atomic E-state index is 0.192. The Morgan fingerprint density at radius 1 is 1.32 bits per heavy atom. The van der Waals surface area contributed by atoms with E-state index in [2.05, 4.69) is 4.98 Å². The van der Waals surface area contributed by atoms with E-state index in [1.165, 1.54) is 17.2 Å². The molecule has 0 N–H and O–H groups in total. The van der Waals surface area contributed by atoms with E-state index in [9.17, 15) is 13.2 Å². The van der Waals surface area contributed by atoms with Gasteiger partial charge in [-0.1, -0.05) is 24.8 Å². The number of nitrogens with zero attached hydrogens (tertiary/aromatic N) is 3. The van der Waals surface area contributed by atoms with Crippen LogP contribution in [0.4, 0.5) is 19.1 Å². The molecule has 1 spiro atoms. The molecule has 1 aromatic heterocycles. The summed E-state index contributed by atoms with van der Waals surface area (Å²) >= 11 is 5.35. The third-order valence-electron chi connectivity index (χ3n) is 4.92. The number of aromatic nitrogens is 2. The van der Waals surface area contributed by atoms with Gasteiger partial charge in [-0.25, -0.2) is 4.98 Å². The first kappa shape index (κ1) is 16.3. The van der Waals surface area contributed by atoms with Gasteiger partial charge < -0.3 is 4.74 Å². The van der Waals surface area contributed by atoms with Crippen LogP contribution >= 0.6 is 12.6 Å². The lowest BCUT2D eigenvalue weighted by atomic mass is 9.78. The Hall–Kier alpha value is -2.22. The highest BCUT2D eigenvalue weighted by Crippen LogP contribution is 2.56. The quantitative estimate of drug-likeness (QED) is 0.729. The van der Waals surface area contributed by atoms with Gasteiger partial charge in [0.2, 0.25) is 5.95 Å². The van der Waals surface area contributed by atoms with Crippen molar-refractivity contribution in [3.05, 3.63) is 47.0 Å². The molecule has 1 aromatic rings. The topological polar surface area (TPSA) is 30.3 Å². The maximum Gasteiger partial charge on any atom is 0.431 e. The van der Waals surface area contributed by atoms with Crippen LogP contribution in [0.3, 0.4) is 0 Å². The van der Waals surface area contributed by atoms with Crippen LogP contribution in [0.2, 0.25) is 0 Å². The zero-order valence-electron chi connectivity index (χ0n) is 13.8. The molecule has 0 saturated carbocycles. The van der Waals surface area contributed by atoms with Gasteiger partial charge in [-0.3, -0.25) is 9.47 Å². The number of imidazole rings is 1. The molecule has 2 aliphatic heterocycles. The second kappa shape index (κ2) is 4.91. The Balaban J connectivity index is 2.06. The summed E-state index contributed by atoms with van der Waals surface area (Å²) in [7, 11) is 1.56. The second-order valence-electron chi connectivity index (χ2n) is 6.36. The first-order chi connectivity index (χ1) is 11.7. The Morgan fingerprint density at radius 2 is 2.04 bits per heavy atom. The van der Waals surface area contributed by atoms with Gasteiger partial charge in [0.05, 0.1) is 19.0 Å². The van der Waals surface area contributed by atoms with Crippen molar-refractivity contribution in [2.75, 3.05) is 12.0 Å². The van der Waals surface area contributed by atoms with Crippen LogP contribution in [-0.2, 0) is 4.74 Å². The van der Waals surface area contributed by atoms with Gasteiger partial charge in [0.25, 0.3) is 0 Å². The molecule has 1 radical (unpaired) electrons. The number of rotatable bonds is 1. The number of allylic oxidation sites excluding steroid dienone is 4. The maximum atomic E-state index is 13.7. The van der Waals surface area contributed by atoms with Crippen molar-refractivity contribution in [1.82, 2.24) is 9.55 Å². The predicted octanol–water partition coefficient (Wildman–Crippen LogP) is 4.57. The fourth-order valence-electron chi connectivity index (χ4n) is 4.20. The number of hydrogen-bond acceptors (Lipinski definition) is 3. The lowest BCUT2D eigenvalue weighted by Crippen LogP contribution is -2.50. The first-order valence-corrected chi connectivity index (χ1v) is 8.10. The van der Waals surface area contributed by atoms with E-state index in [0.717, 1.165) is 17.2 Å². The number of hydrogen-bond donors (Lipinski definition) is 0. The summed E-state index contributed by atoms with van der Waals surface area (Å²) in [5.74, 6) is 0.880. The van der Waals surface area contributed by atoms with E-state index < -0.39 is 17.4 Å². The molecule has 1 unspecified atom stereocenters. The largest absolute Gasteiger partial charge is 0.496 e. The molecular weight excluding hydrogens is 351 g/mol. The molecule has 0 fully saturated rings. The maximum absolute atomic E-state index is 13.7. The van der Waals surface area contributed by atoms with Crippen molar-refractivity contribution in [1.29, 1.82) is 0 Å². The fraction of sp³-hybridized carbons (Fsp3) is 0.353. The summed E-state index contributed by atoms with van der Waals surface area (Å²) in [4.78, 5) is 5.45. The van der Waals surface area contributed by atoms with Crippen LogP contribution in [0, 0.1) is 0 Å². The lowest BCUT2D eigenvalue weighted by molar-refractivity contribution is -0.0945. The minimum Gasteiger partial charge on any atom is -0.496 e. The van der Waals surface area contributed by atoms with Gasteiger partial charge in [-0.05, 0) is 25.5 Å². The van der Waals surface area contributed by atoms with Crippen molar-refractivity contribution >= 4 is 24.3 Å². The molecule has 0 amide bonds. The van der Waals surface area contributed by atoms with Gasteiger partial charge in [-0.15, -0.1) is 0 Å². The molecular formula is C17H15F3N3OS. The van der Waals surface area contributed by atoms with E-state index in [4.69, 9.17) is 17.4 Å². The average Bonchev–Trinajstić information content (AvgIpc) is 3.01. The van der Waals surface area contributed by atoms with Gasteiger partial charge in [0.15, 0.2) is 0 Å². The van der Waals surface area contributed by atoms with Crippen LogP contribution in [0.5, 0.6) is 0 Å². The molecule has 0 aromatic carbocycles. The predicted molar refractivity (Wildman–Crippen MR) is 89.8 cm³/mol. The Labute approximate surface area is 148 Å². The van der Waals surface area contributed by atoms with Crippen molar-refractivity contribution in [3.63, 3.8) is 0 Å². The summed E-state index contributed by atoms with van der Waals surface area (Å²) in [5.41, 5.74) is 0.602. The highest BCUT2D eigenvalue weighted by Gasteiger charge is 2.57. The van der Waals surface area contributed by atoms with E-state index in [1.54, 1.807) is 17.8 Å². The first-order valence-electron chi connectivity index (χ1n) is 7.70. The molecule has 4 rings (SSSR count). The molecule has 8 heteroatoms. The molecule has 25 heavy (non-hydrogen) atoms. The van der Waals surface area contributed by atoms with Crippen molar-refractivity contribution < 1.29 is 17.9 Å². The number of anilines is 1. The number of alkyl halides is 3. The Bertz CT molecular complexity index is 907. The van der Waals surface area contributed by atoms with Crippen LogP contribution < -0.4 is 4.90 Å². The van der Waals surface area contributed by atoms with Gasteiger partial charge in [0, 0.05) is 12.0 Å². The van der Waals surface area contributed by atoms with Gasteiger partial charge in [-0.2, -0.15) is 13.2 Å². The molecule has 0 bridgehead atoms. The second-order valence-corrected chi connectivity index (χ2v) is 6.78. The lowest BCUT2D eigenvalue weighted by Gasteiger charge is -2.43. The number of ether oxygens (including phenoxy) is 1. The summed E-state index contributed by atoms with van der Waals surface area (Å²) in [6.45, 7) is 3.72. The molecule has 1 atom stereocenters. The molecule has 4 nitrogen and oxygen atoms in total. The minimum atomic E-state index is -4.50. The molecule has 0 saturated heterocycles. The average molecular weight is 366 g/mol. The van der Waals surface area contributed by atoms with Crippen LogP contribution in [0.1, 0.15) is 20.3 Å². The van der Waals surface area contributed by atoms with Crippen LogP contribution in [-0.4, -0.2) is 28.4 Å². The number of methoxy groups -OCH3 is 1. The molecule has 3 heterocycles. The van der Waals surface area contributed by atoms with Crippen LogP contribution in [0.25, 0.3) is 5.70 Å². The standard InChI is InChI=1S/C17H15F3N3OS/c1-9-7-16-6-4-5-11(17(18,19)20)23(16)15-21-8-12(25)22(15)14(16)10(2)13(9)24-3/h4-6,8H,7H2,1-3H3. The number of halogens is 3. The van der Waals surface area contributed by atoms with E-state index in [-0.39, 0.29) is 5.95 Å². The molecule has 1 aliphatic carbocycles. The fourth-order valence-corrected chi connectivity index (χ4v) is 4.42. The highest BCUT2D eigenvalue weighted by atomic mass is 32.1. The normalized spacial score (nSPS) is 25.0. The summed E-state index contributed by atoms with van der Waals surface area (Å²) in [6, 6.07) is 0. The third kappa shape index (κ3) is 1.91. The van der Waals surface area contributed by atoms with E-state index in [1.807, 2.05) is 13.8 Å². The van der Waals surface area contributed by atoms with Gasteiger partial charge in [0.1, 0.15) is 22.0 Å². The Kier molecular flexibility index (Phi) is 3.19. The molecule has 3 aliphatic rings. The van der Waals surface area contributed by atoms with Gasteiger partial charge >= 0.3 is 6.18 Å². The van der Waals surface area contributed by atoms with Crippen molar-refractivity contribution in [2.24, 2.45) is 0 Å². The highest BCUT2D eigenvalue weighted by molar-refractivity contribution is 7.80. The Morgan fingerprint density at radius 3 is 2.68 bits per heavy atom. The summed E-state index contributed by atoms with van der Waals surface area (Å²) < 4.78 is 48.3.